The average Bonchev–Trinajstić information content (AvgIpc) is 2.78. The predicted molar refractivity (Wildman–Crippen MR) is 124 cm³/mol. The van der Waals surface area contributed by atoms with Crippen LogP contribution in [0.4, 0.5) is 4.39 Å². The van der Waals surface area contributed by atoms with Gasteiger partial charge in [-0.15, -0.1) is 0 Å². The zero-order valence-corrected chi connectivity index (χ0v) is 19.2. The summed E-state index contributed by atoms with van der Waals surface area (Å²) in [5, 5.41) is 3.37. The lowest BCUT2D eigenvalue weighted by Crippen LogP contribution is -2.40. The van der Waals surface area contributed by atoms with E-state index in [1.54, 1.807) is 33.2 Å². The SMILES string of the molecule is CNC(=O)c1ccc(C2(F)CCN(Cc3ccc4c(=S)n(C)c(=O)[nH]c4c3)CC2)c(C)n1. The molecule has 32 heavy (non-hydrogen) atoms. The van der Waals surface area contributed by atoms with Crippen LogP contribution in [0.2, 0.25) is 0 Å². The number of H-pyrrole nitrogens is 1. The number of carbonyl (C=O) groups is 1. The molecule has 2 N–H and O–H groups in total. The molecule has 1 aliphatic rings. The maximum atomic E-state index is 15.8. The van der Waals surface area contributed by atoms with Crippen LogP contribution in [0.3, 0.4) is 0 Å². The first-order chi connectivity index (χ1) is 15.2. The first kappa shape index (κ1) is 22.3. The van der Waals surface area contributed by atoms with Gasteiger partial charge in [0.1, 0.15) is 16.0 Å². The molecule has 7 nitrogen and oxygen atoms in total. The summed E-state index contributed by atoms with van der Waals surface area (Å²) >= 11 is 5.36. The van der Waals surface area contributed by atoms with Crippen LogP contribution in [0.1, 0.15) is 40.2 Å². The summed E-state index contributed by atoms with van der Waals surface area (Å²) < 4.78 is 17.7. The van der Waals surface area contributed by atoms with Crippen LogP contribution in [0, 0.1) is 11.6 Å². The Bertz CT molecular complexity index is 1310. The van der Waals surface area contributed by atoms with E-state index in [2.05, 4.69) is 20.2 Å². The number of nitrogens with one attached hydrogen (secondary N) is 2. The van der Waals surface area contributed by atoms with E-state index in [1.165, 1.54) is 4.57 Å². The minimum absolute atomic E-state index is 0.244. The van der Waals surface area contributed by atoms with Crippen LogP contribution in [0.15, 0.2) is 35.1 Å². The number of fused-ring (bicyclic) bond motifs is 1. The molecule has 1 saturated heterocycles. The zero-order valence-electron chi connectivity index (χ0n) is 18.4. The first-order valence-electron chi connectivity index (χ1n) is 10.6. The van der Waals surface area contributed by atoms with E-state index in [-0.39, 0.29) is 11.6 Å². The third-order valence-corrected chi connectivity index (χ3v) is 6.74. The van der Waals surface area contributed by atoms with Gasteiger partial charge in [0.05, 0.1) is 5.52 Å². The summed E-state index contributed by atoms with van der Waals surface area (Å²) in [5.74, 6) is -0.281. The van der Waals surface area contributed by atoms with Gasteiger partial charge in [0.25, 0.3) is 5.91 Å². The highest BCUT2D eigenvalue weighted by Crippen LogP contribution is 2.38. The summed E-state index contributed by atoms with van der Waals surface area (Å²) in [6.45, 7) is 3.60. The van der Waals surface area contributed by atoms with E-state index in [1.807, 2.05) is 18.2 Å². The number of nitrogens with zero attached hydrogens (tertiary/aromatic N) is 3. The van der Waals surface area contributed by atoms with E-state index < -0.39 is 5.67 Å². The number of hydrogen-bond acceptors (Lipinski definition) is 5. The Kier molecular flexibility index (Phi) is 5.96. The molecule has 4 rings (SSSR count). The predicted octanol–water partition coefficient (Wildman–Crippen LogP) is 3.12. The molecule has 0 aliphatic carbocycles. The van der Waals surface area contributed by atoms with Gasteiger partial charge in [-0.3, -0.25) is 14.3 Å². The Hall–Kier alpha value is -2.91. The Balaban J connectivity index is 1.48. The van der Waals surface area contributed by atoms with E-state index >= 15 is 4.39 Å². The van der Waals surface area contributed by atoms with Gasteiger partial charge >= 0.3 is 5.69 Å². The number of benzene rings is 1. The van der Waals surface area contributed by atoms with Crippen molar-refractivity contribution in [1.82, 2.24) is 24.8 Å². The lowest BCUT2D eigenvalue weighted by Gasteiger charge is -2.37. The fraction of sp³-hybridized carbons (Fsp3) is 0.391. The summed E-state index contributed by atoms with van der Waals surface area (Å²) in [6, 6.07) is 9.14. The Labute approximate surface area is 190 Å². The van der Waals surface area contributed by atoms with Gasteiger partial charge in [-0.05, 0) is 43.5 Å². The van der Waals surface area contributed by atoms with Crippen molar-refractivity contribution in [3.05, 3.63) is 68.0 Å². The maximum Gasteiger partial charge on any atom is 0.326 e. The van der Waals surface area contributed by atoms with Crippen molar-refractivity contribution >= 4 is 29.0 Å². The van der Waals surface area contributed by atoms with Crippen molar-refractivity contribution in [3.8, 4) is 0 Å². The molecule has 0 radical (unpaired) electrons. The number of alkyl halides is 1. The number of likely N-dealkylation sites (tertiary alicyclic amines) is 1. The molecule has 0 atom stereocenters. The van der Waals surface area contributed by atoms with Gasteiger partial charge < -0.3 is 10.3 Å². The molecule has 1 aromatic carbocycles. The lowest BCUT2D eigenvalue weighted by molar-refractivity contribution is 0.0517. The molecule has 9 heteroatoms. The van der Waals surface area contributed by atoms with Crippen molar-refractivity contribution in [1.29, 1.82) is 0 Å². The van der Waals surface area contributed by atoms with Crippen LogP contribution in [0.25, 0.3) is 10.9 Å². The fourth-order valence-corrected chi connectivity index (χ4v) is 4.59. The van der Waals surface area contributed by atoms with Crippen molar-refractivity contribution in [2.45, 2.75) is 32.0 Å². The summed E-state index contributed by atoms with van der Waals surface area (Å²) in [6.07, 6.45) is 0.705. The third-order valence-electron chi connectivity index (χ3n) is 6.25. The maximum absolute atomic E-state index is 15.8. The second-order valence-electron chi connectivity index (χ2n) is 8.32. The number of rotatable bonds is 4. The van der Waals surface area contributed by atoms with Crippen molar-refractivity contribution in [2.24, 2.45) is 7.05 Å². The molecule has 168 valence electrons. The van der Waals surface area contributed by atoms with Gasteiger partial charge in [-0.1, -0.05) is 24.4 Å². The van der Waals surface area contributed by atoms with Gasteiger partial charge in [-0.25, -0.2) is 14.2 Å². The summed E-state index contributed by atoms with van der Waals surface area (Å²) in [4.78, 5) is 33.2. The smallest absolute Gasteiger partial charge is 0.326 e. The standard InChI is InChI=1S/C23H26FN5O2S/c1-14-17(6-7-18(26-14)20(30)25-2)23(24)8-10-29(11-9-23)13-15-4-5-16-19(12-15)27-22(31)28(3)21(16)32/h4-7,12H,8-11,13H2,1-3H3,(H,25,30)(H,27,31). The molecule has 1 aliphatic heterocycles. The summed E-state index contributed by atoms with van der Waals surface area (Å²) in [7, 11) is 3.19. The molecule has 0 bridgehead atoms. The van der Waals surface area contributed by atoms with Crippen LogP contribution in [-0.2, 0) is 19.3 Å². The van der Waals surface area contributed by atoms with Crippen LogP contribution in [0.5, 0.6) is 0 Å². The highest BCUT2D eigenvalue weighted by Gasteiger charge is 2.38. The van der Waals surface area contributed by atoms with Crippen LogP contribution < -0.4 is 11.0 Å². The Morgan fingerprint density at radius 3 is 2.66 bits per heavy atom. The minimum atomic E-state index is -1.46. The molecule has 1 amide bonds. The third kappa shape index (κ3) is 4.10. The Morgan fingerprint density at radius 2 is 2.00 bits per heavy atom. The molecule has 0 unspecified atom stereocenters. The second kappa shape index (κ2) is 8.55. The van der Waals surface area contributed by atoms with Crippen molar-refractivity contribution in [3.63, 3.8) is 0 Å². The summed E-state index contributed by atoms with van der Waals surface area (Å²) in [5.41, 5.74) is 1.44. The molecule has 3 heterocycles. The molecular weight excluding hydrogens is 429 g/mol. The zero-order chi connectivity index (χ0) is 23.0. The molecular formula is C23H26FN5O2S. The fourth-order valence-electron chi connectivity index (χ4n) is 4.33. The number of carbonyl (C=O) groups excluding carboxylic acids is 1. The molecule has 2 aromatic heterocycles. The lowest BCUT2D eigenvalue weighted by atomic mass is 9.85. The van der Waals surface area contributed by atoms with Gasteiger partial charge in [0, 0.05) is 50.4 Å². The number of hydrogen-bond donors (Lipinski definition) is 2. The molecule has 3 aromatic rings. The van der Waals surface area contributed by atoms with Crippen molar-refractivity contribution in [2.75, 3.05) is 20.1 Å². The molecule has 0 spiro atoms. The normalized spacial score (nSPS) is 16.2. The number of pyridine rings is 1. The minimum Gasteiger partial charge on any atom is -0.354 e. The van der Waals surface area contributed by atoms with Gasteiger partial charge in [0.15, 0.2) is 0 Å². The van der Waals surface area contributed by atoms with E-state index in [0.717, 1.165) is 10.9 Å². The molecule has 0 saturated carbocycles. The number of aryl methyl sites for hydroxylation is 1. The van der Waals surface area contributed by atoms with E-state index in [0.29, 0.717) is 59.6 Å². The Morgan fingerprint density at radius 1 is 1.28 bits per heavy atom. The number of aromatic nitrogens is 3. The quantitative estimate of drug-likeness (QED) is 0.591. The average molecular weight is 456 g/mol. The number of halogens is 1. The van der Waals surface area contributed by atoms with Crippen LogP contribution >= 0.6 is 12.2 Å². The monoisotopic (exact) mass is 455 g/mol. The van der Waals surface area contributed by atoms with Crippen LogP contribution in [-0.4, -0.2) is 45.5 Å². The van der Waals surface area contributed by atoms with Gasteiger partial charge in [-0.2, -0.15) is 0 Å². The van der Waals surface area contributed by atoms with Gasteiger partial charge in [0.2, 0.25) is 0 Å². The number of piperidine rings is 1. The molecule has 1 fully saturated rings. The highest BCUT2D eigenvalue weighted by atomic mass is 32.1. The topological polar surface area (TPSA) is 83.0 Å². The second-order valence-corrected chi connectivity index (χ2v) is 8.71. The number of amides is 1. The first-order valence-corrected chi connectivity index (χ1v) is 11.0. The van der Waals surface area contributed by atoms with Crippen molar-refractivity contribution < 1.29 is 9.18 Å². The van der Waals surface area contributed by atoms with E-state index in [9.17, 15) is 9.59 Å². The highest BCUT2D eigenvalue weighted by molar-refractivity contribution is 7.71. The largest absolute Gasteiger partial charge is 0.354 e. The number of aromatic amines is 1. The van der Waals surface area contributed by atoms with E-state index in [4.69, 9.17) is 12.2 Å².